The van der Waals surface area contributed by atoms with Crippen LogP contribution in [0.5, 0.6) is 0 Å². The van der Waals surface area contributed by atoms with Gasteiger partial charge in [0.15, 0.2) is 11.6 Å². The normalized spacial score (nSPS) is 12.8. The lowest BCUT2D eigenvalue weighted by Gasteiger charge is -2.30. The highest BCUT2D eigenvalue weighted by atomic mass is 19.1. The van der Waals surface area contributed by atoms with Crippen molar-refractivity contribution in [1.82, 2.24) is 15.0 Å². The number of halogens is 2. The van der Waals surface area contributed by atoms with E-state index in [1.54, 1.807) is 6.20 Å². The number of pyridine rings is 2. The summed E-state index contributed by atoms with van der Waals surface area (Å²) in [6, 6.07) is 1.92. The number of rotatable bonds is 4. The maximum absolute atomic E-state index is 14.5. The first-order valence-electron chi connectivity index (χ1n) is 8.33. The third-order valence-electron chi connectivity index (χ3n) is 4.37. The molecule has 0 bridgehead atoms. The van der Waals surface area contributed by atoms with E-state index in [1.165, 1.54) is 6.07 Å². The molecule has 0 aliphatic heterocycles. The highest BCUT2D eigenvalue weighted by Crippen LogP contribution is 2.36. The Bertz CT molecular complexity index is 1030. The maximum Gasteiger partial charge on any atom is 0.216 e. The first-order chi connectivity index (χ1) is 12.7. The van der Waals surface area contributed by atoms with E-state index >= 15 is 0 Å². The van der Waals surface area contributed by atoms with Gasteiger partial charge < -0.3 is 15.4 Å². The van der Waals surface area contributed by atoms with E-state index in [0.717, 1.165) is 12.3 Å². The number of anilines is 1. The number of H-pyrrole nitrogens is 1. The van der Waals surface area contributed by atoms with E-state index in [-0.39, 0.29) is 29.2 Å². The molecule has 0 amide bonds. The Balaban J connectivity index is 2.15. The molecule has 140 valence electrons. The fourth-order valence-electron chi connectivity index (χ4n) is 2.74. The average molecular weight is 371 g/mol. The van der Waals surface area contributed by atoms with E-state index in [4.69, 9.17) is 6.57 Å². The Hall–Kier alpha value is -3.05. The van der Waals surface area contributed by atoms with Crippen LogP contribution in [0.25, 0.3) is 27.1 Å². The highest BCUT2D eigenvalue weighted by Gasteiger charge is 2.26. The Morgan fingerprint density at radius 3 is 2.70 bits per heavy atom. The number of nitrogens with zero attached hydrogens (tertiary/aromatic N) is 3. The molecular formula is C19H19F2N5O. The molecule has 3 N–H and O–H groups in total. The van der Waals surface area contributed by atoms with E-state index in [0.29, 0.717) is 16.6 Å². The Kier molecular flexibility index (Phi) is 4.81. The second-order valence-electron chi connectivity index (χ2n) is 7.30. The van der Waals surface area contributed by atoms with Gasteiger partial charge >= 0.3 is 0 Å². The van der Waals surface area contributed by atoms with Crippen LogP contribution < -0.4 is 5.32 Å². The summed E-state index contributed by atoms with van der Waals surface area (Å²) in [4.78, 5) is 14.5. The predicted molar refractivity (Wildman–Crippen MR) is 99.5 cm³/mol. The number of hydrogen-bond donors (Lipinski definition) is 3. The summed E-state index contributed by atoms with van der Waals surface area (Å²) in [7, 11) is 0. The van der Waals surface area contributed by atoms with Crippen LogP contribution in [0.3, 0.4) is 0 Å². The van der Waals surface area contributed by atoms with Crippen molar-refractivity contribution in [3.63, 3.8) is 0 Å². The summed E-state index contributed by atoms with van der Waals surface area (Å²) in [6.07, 6.45) is 2.64. The third kappa shape index (κ3) is 3.59. The van der Waals surface area contributed by atoms with Gasteiger partial charge in [0.05, 0.1) is 31.1 Å². The zero-order valence-corrected chi connectivity index (χ0v) is 15.1. The van der Waals surface area contributed by atoms with Gasteiger partial charge in [0.25, 0.3) is 0 Å². The zero-order valence-electron chi connectivity index (χ0n) is 15.1. The van der Waals surface area contributed by atoms with Crippen molar-refractivity contribution >= 4 is 22.5 Å². The van der Waals surface area contributed by atoms with Gasteiger partial charge in [-0.3, -0.25) is 0 Å². The molecule has 0 saturated heterocycles. The molecule has 3 rings (SSSR count). The monoisotopic (exact) mass is 371 g/mol. The van der Waals surface area contributed by atoms with Crippen molar-refractivity contribution < 1.29 is 13.9 Å². The summed E-state index contributed by atoms with van der Waals surface area (Å²) in [5.41, 5.74) is 0.737. The van der Waals surface area contributed by atoms with E-state index in [2.05, 4.69) is 25.1 Å². The van der Waals surface area contributed by atoms with Crippen LogP contribution in [0.15, 0.2) is 24.5 Å². The summed E-state index contributed by atoms with van der Waals surface area (Å²) in [6.45, 7) is 12.8. The van der Waals surface area contributed by atoms with Crippen molar-refractivity contribution in [3.05, 3.63) is 47.6 Å². The van der Waals surface area contributed by atoms with Crippen LogP contribution in [0.2, 0.25) is 0 Å². The lowest BCUT2D eigenvalue weighted by Crippen LogP contribution is -2.37. The van der Waals surface area contributed by atoms with Crippen molar-refractivity contribution in [1.29, 1.82) is 0 Å². The molecule has 0 radical (unpaired) electrons. The molecule has 0 spiro atoms. The molecule has 0 aromatic carbocycles. The van der Waals surface area contributed by atoms with Crippen molar-refractivity contribution in [2.45, 2.75) is 26.8 Å². The minimum absolute atomic E-state index is 0.000446. The fourth-order valence-corrected chi connectivity index (χ4v) is 2.74. The first kappa shape index (κ1) is 18.7. The van der Waals surface area contributed by atoms with Crippen LogP contribution in [0, 0.1) is 23.6 Å². The van der Waals surface area contributed by atoms with Gasteiger partial charge in [-0.2, -0.15) is 0 Å². The van der Waals surface area contributed by atoms with Gasteiger partial charge in [-0.25, -0.2) is 23.6 Å². The molecule has 0 saturated carbocycles. The topological polar surface area (TPSA) is 78.2 Å². The molecule has 0 aliphatic carbocycles. The van der Waals surface area contributed by atoms with Crippen LogP contribution in [0.4, 0.5) is 20.3 Å². The largest absolute Gasteiger partial charge is 0.394 e. The third-order valence-corrected chi connectivity index (χ3v) is 4.37. The number of aromatic amines is 1. The molecule has 1 atom stereocenters. The predicted octanol–water partition coefficient (Wildman–Crippen LogP) is 4.27. The second-order valence-corrected chi connectivity index (χ2v) is 7.30. The molecule has 0 unspecified atom stereocenters. The Labute approximate surface area is 155 Å². The lowest BCUT2D eigenvalue weighted by atomic mass is 9.87. The smallest absolute Gasteiger partial charge is 0.216 e. The summed E-state index contributed by atoms with van der Waals surface area (Å²) < 4.78 is 28.1. The van der Waals surface area contributed by atoms with Gasteiger partial charge in [0, 0.05) is 17.1 Å². The van der Waals surface area contributed by atoms with Gasteiger partial charge in [-0.1, -0.05) is 20.8 Å². The molecule has 3 aromatic rings. The van der Waals surface area contributed by atoms with E-state index in [1.807, 2.05) is 20.8 Å². The average Bonchev–Trinajstić information content (AvgIpc) is 3.02. The van der Waals surface area contributed by atoms with Crippen LogP contribution in [-0.4, -0.2) is 32.7 Å². The van der Waals surface area contributed by atoms with Gasteiger partial charge in [-0.15, -0.1) is 0 Å². The molecule has 6 nitrogen and oxygen atoms in total. The molecule has 3 heterocycles. The number of aliphatic hydroxyl groups is 1. The number of nitrogens with one attached hydrogen (secondary N) is 2. The van der Waals surface area contributed by atoms with E-state index < -0.39 is 17.7 Å². The van der Waals surface area contributed by atoms with Gasteiger partial charge in [-0.05, 0) is 17.5 Å². The Morgan fingerprint density at radius 2 is 2.07 bits per heavy atom. The van der Waals surface area contributed by atoms with Crippen LogP contribution in [0.1, 0.15) is 20.8 Å². The number of aliphatic hydroxyl groups excluding tert-OH is 1. The fraction of sp³-hybridized carbons (Fsp3) is 0.316. The summed E-state index contributed by atoms with van der Waals surface area (Å²) in [5, 5.41) is 13.0. The first-order valence-corrected chi connectivity index (χ1v) is 8.33. The molecule has 8 heteroatoms. The van der Waals surface area contributed by atoms with Gasteiger partial charge in [0.2, 0.25) is 5.69 Å². The van der Waals surface area contributed by atoms with Crippen molar-refractivity contribution in [2.75, 3.05) is 11.9 Å². The number of fused-ring (bicyclic) bond motifs is 1. The molecule has 3 aromatic heterocycles. The lowest BCUT2D eigenvalue weighted by molar-refractivity contribution is 0.201. The van der Waals surface area contributed by atoms with Crippen molar-refractivity contribution in [2.24, 2.45) is 5.41 Å². The molecule has 0 fully saturated rings. The second kappa shape index (κ2) is 6.93. The standard InChI is InChI=1S/C19H19F2N5O/c1-19(2,3)15(9-27)25-18-13(21)6-14(22-4)16(26-18)12-8-24-17-11(12)5-10(20)7-23-17/h5-8,15,27H,9H2,1-3H3,(H,23,24)(H,25,26)/t15-/m1/s1. The number of hydrogen-bond acceptors (Lipinski definition) is 4. The van der Waals surface area contributed by atoms with Crippen molar-refractivity contribution in [3.8, 4) is 11.3 Å². The highest BCUT2D eigenvalue weighted by molar-refractivity contribution is 5.96. The van der Waals surface area contributed by atoms with Crippen LogP contribution >= 0.6 is 0 Å². The van der Waals surface area contributed by atoms with E-state index in [9.17, 15) is 13.9 Å². The molecule has 0 aliphatic rings. The van der Waals surface area contributed by atoms with Gasteiger partial charge in [0.1, 0.15) is 11.5 Å². The zero-order chi connectivity index (χ0) is 19.8. The minimum atomic E-state index is -0.698. The summed E-state index contributed by atoms with van der Waals surface area (Å²) >= 11 is 0. The number of aromatic nitrogens is 3. The summed E-state index contributed by atoms with van der Waals surface area (Å²) in [5.74, 6) is -1.30. The maximum atomic E-state index is 14.5. The van der Waals surface area contributed by atoms with Crippen LogP contribution in [-0.2, 0) is 0 Å². The Morgan fingerprint density at radius 1 is 1.33 bits per heavy atom. The minimum Gasteiger partial charge on any atom is -0.394 e. The molecular weight excluding hydrogens is 352 g/mol. The SMILES string of the molecule is [C-]#[N+]c1cc(F)c(N[C@H](CO)C(C)(C)C)nc1-c1c[nH]c2ncc(F)cc12. The molecule has 27 heavy (non-hydrogen) atoms. The quantitative estimate of drug-likeness (QED) is 0.599.